The predicted octanol–water partition coefficient (Wildman–Crippen LogP) is 3.77. The molecular formula is C16H21F2N3. The topological polar surface area (TPSA) is 29.9 Å². The minimum absolute atomic E-state index is 0.0516. The molecule has 3 nitrogen and oxygen atoms in total. The highest BCUT2D eigenvalue weighted by molar-refractivity contribution is 5.21. The molecule has 0 unspecified atom stereocenters. The molecule has 1 aromatic heterocycles. The summed E-state index contributed by atoms with van der Waals surface area (Å²) in [7, 11) is 0. The lowest BCUT2D eigenvalue weighted by Crippen LogP contribution is -2.22. The molecule has 114 valence electrons. The number of hydrogen-bond donors (Lipinski definition) is 1. The lowest BCUT2D eigenvalue weighted by atomic mass is 10.1. The van der Waals surface area contributed by atoms with Crippen LogP contribution in [0.3, 0.4) is 0 Å². The molecule has 0 spiro atoms. The summed E-state index contributed by atoms with van der Waals surface area (Å²) in [5.74, 6) is -1.64. The van der Waals surface area contributed by atoms with E-state index in [1.54, 1.807) is 6.07 Å². The molecule has 0 aliphatic rings. The lowest BCUT2D eigenvalue weighted by Gasteiger charge is -2.18. The molecule has 1 aromatic carbocycles. The van der Waals surface area contributed by atoms with E-state index in [9.17, 15) is 8.78 Å². The largest absolute Gasteiger partial charge is 0.306 e. The Labute approximate surface area is 124 Å². The first-order valence-electron chi connectivity index (χ1n) is 7.00. The number of nitrogens with zero attached hydrogens (tertiary/aromatic N) is 2. The second-order valence-corrected chi connectivity index (χ2v) is 6.24. The van der Waals surface area contributed by atoms with Crippen molar-refractivity contribution in [2.45, 2.75) is 45.8 Å². The van der Waals surface area contributed by atoms with Crippen molar-refractivity contribution in [3.05, 3.63) is 53.4 Å². The van der Waals surface area contributed by atoms with Crippen LogP contribution in [-0.2, 0) is 12.1 Å². The molecule has 2 rings (SSSR count). The molecule has 0 aliphatic carbocycles. The maximum Gasteiger partial charge on any atom is 0.159 e. The van der Waals surface area contributed by atoms with E-state index < -0.39 is 11.6 Å². The number of aromatic nitrogens is 2. The predicted molar refractivity (Wildman–Crippen MR) is 78.8 cm³/mol. The summed E-state index contributed by atoms with van der Waals surface area (Å²) in [6.07, 6.45) is 3.81. The summed E-state index contributed by atoms with van der Waals surface area (Å²) in [6, 6.07) is 3.90. The molecule has 0 aliphatic heterocycles. The average molecular weight is 293 g/mol. The van der Waals surface area contributed by atoms with Gasteiger partial charge in [0.2, 0.25) is 0 Å². The van der Waals surface area contributed by atoms with Gasteiger partial charge in [0.25, 0.3) is 0 Å². The summed E-state index contributed by atoms with van der Waals surface area (Å²) in [5.41, 5.74) is 1.72. The first-order chi connectivity index (χ1) is 9.77. The Bertz CT molecular complexity index is 614. The minimum Gasteiger partial charge on any atom is -0.306 e. The van der Waals surface area contributed by atoms with Crippen LogP contribution in [0.5, 0.6) is 0 Å². The maximum atomic E-state index is 13.2. The van der Waals surface area contributed by atoms with Crippen LogP contribution in [0.2, 0.25) is 0 Å². The molecule has 1 heterocycles. The fourth-order valence-corrected chi connectivity index (χ4v) is 1.99. The van der Waals surface area contributed by atoms with Gasteiger partial charge < -0.3 is 5.32 Å². The van der Waals surface area contributed by atoms with Crippen molar-refractivity contribution in [1.82, 2.24) is 15.1 Å². The minimum atomic E-state index is -0.822. The maximum absolute atomic E-state index is 13.2. The van der Waals surface area contributed by atoms with E-state index in [-0.39, 0.29) is 11.6 Å². The van der Waals surface area contributed by atoms with Gasteiger partial charge in [-0.15, -0.1) is 0 Å². The Balaban J connectivity index is 1.99. The number of halogens is 2. The first-order valence-corrected chi connectivity index (χ1v) is 7.00. The monoisotopic (exact) mass is 293 g/mol. The zero-order chi connectivity index (χ0) is 15.6. The highest BCUT2D eigenvalue weighted by Gasteiger charge is 2.14. The van der Waals surface area contributed by atoms with Crippen molar-refractivity contribution >= 4 is 0 Å². The molecule has 2 aromatic rings. The van der Waals surface area contributed by atoms with Gasteiger partial charge in [-0.1, -0.05) is 6.07 Å². The molecule has 0 radical (unpaired) electrons. The van der Waals surface area contributed by atoms with Gasteiger partial charge in [-0.3, -0.25) is 4.68 Å². The van der Waals surface area contributed by atoms with Gasteiger partial charge in [-0.25, -0.2) is 8.78 Å². The zero-order valence-electron chi connectivity index (χ0n) is 12.8. The van der Waals surface area contributed by atoms with Crippen LogP contribution in [-0.4, -0.2) is 9.78 Å². The van der Waals surface area contributed by atoms with Gasteiger partial charge in [0.15, 0.2) is 11.6 Å². The Morgan fingerprint density at radius 1 is 1.24 bits per heavy atom. The molecule has 1 atom stereocenters. The van der Waals surface area contributed by atoms with E-state index in [4.69, 9.17) is 0 Å². The van der Waals surface area contributed by atoms with Gasteiger partial charge in [0, 0.05) is 24.3 Å². The van der Waals surface area contributed by atoms with Crippen molar-refractivity contribution in [1.29, 1.82) is 0 Å². The average Bonchev–Trinajstić information content (AvgIpc) is 2.88. The normalized spacial score (nSPS) is 13.4. The number of benzene rings is 1. The van der Waals surface area contributed by atoms with Crippen molar-refractivity contribution < 1.29 is 8.78 Å². The molecule has 21 heavy (non-hydrogen) atoms. The molecule has 0 bridgehead atoms. The number of nitrogens with one attached hydrogen (secondary N) is 1. The van der Waals surface area contributed by atoms with Crippen LogP contribution >= 0.6 is 0 Å². The molecule has 1 N–H and O–H groups in total. The third kappa shape index (κ3) is 3.88. The molecular weight excluding hydrogens is 272 g/mol. The summed E-state index contributed by atoms with van der Waals surface area (Å²) < 4.78 is 28.1. The van der Waals surface area contributed by atoms with Gasteiger partial charge in [-0.2, -0.15) is 5.10 Å². The molecule has 5 heteroatoms. The first kappa shape index (κ1) is 15.6. The third-order valence-electron chi connectivity index (χ3n) is 3.38. The second-order valence-electron chi connectivity index (χ2n) is 6.24. The van der Waals surface area contributed by atoms with Crippen molar-refractivity contribution in [2.24, 2.45) is 0 Å². The van der Waals surface area contributed by atoms with Crippen LogP contribution in [0.15, 0.2) is 30.6 Å². The van der Waals surface area contributed by atoms with E-state index >= 15 is 0 Å². The molecule has 0 amide bonds. The van der Waals surface area contributed by atoms with Gasteiger partial charge in [-0.05, 0) is 45.4 Å². The second kappa shape index (κ2) is 5.93. The molecule has 0 saturated carbocycles. The lowest BCUT2D eigenvalue weighted by molar-refractivity contribution is 0.355. The van der Waals surface area contributed by atoms with E-state index in [1.165, 1.54) is 6.07 Å². The fraction of sp³-hybridized carbons (Fsp3) is 0.438. The highest BCUT2D eigenvalue weighted by atomic mass is 19.2. The number of hydrogen-bond acceptors (Lipinski definition) is 2. The van der Waals surface area contributed by atoms with Crippen LogP contribution in [0, 0.1) is 11.6 Å². The van der Waals surface area contributed by atoms with E-state index in [1.807, 2.05) is 24.0 Å². The third-order valence-corrected chi connectivity index (χ3v) is 3.38. The van der Waals surface area contributed by atoms with Gasteiger partial charge in [0.05, 0.1) is 11.7 Å². The zero-order valence-corrected chi connectivity index (χ0v) is 12.8. The van der Waals surface area contributed by atoms with Crippen LogP contribution in [0.4, 0.5) is 8.78 Å². The van der Waals surface area contributed by atoms with Crippen LogP contribution in [0.25, 0.3) is 0 Å². The van der Waals surface area contributed by atoms with Crippen molar-refractivity contribution in [3.8, 4) is 0 Å². The Hall–Kier alpha value is -1.75. The van der Waals surface area contributed by atoms with Crippen molar-refractivity contribution in [2.75, 3.05) is 0 Å². The van der Waals surface area contributed by atoms with E-state index in [0.29, 0.717) is 6.54 Å². The smallest absolute Gasteiger partial charge is 0.159 e. The van der Waals surface area contributed by atoms with Gasteiger partial charge >= 0.3 is 0 Å². The molecule has 0 fully saturated rings. The number of rotatable bonds is 4. The van der Waals surface area contributed by atoms with Crippen molar-refractivity contribution in [3.63, 3.8) is 0 Å². The van der Waals surface area contributed by atoms with E-state index in [0.717, 1.165) is 17.2 Å². The molecule has 0 saturated heterocycles. The summed E-state index contributed by atoms with van der Waals surface area (Å²) >= 11 is 0. The Kier molecular flexibility index (Phi) is 4.42. The Morgan fingerprint density at radius 2 is 1.95 bits per heavy atom. The van der Waals surface area contributed by atoms with Crippen LogP contribution < -0.4 is 5.32 Å². The SMILES string of the molecule is C[C@@H](NCc1cnn(C(C)(C)C)c1)c1ccc(F)c(F)c1. The van der Waals surface area contributed by atoms with Gasteiger partial charge in [0.1, 0.15) is 0 Å². The quantitative estimate of drug-likeness (QED) is 0.930. The summed E-state index contributed by atoms with van der Waals surface area (Å²) in [6.45, 7) is 8.79. The highest BCUT2D eigenvalue weighted by Crippen LogP contribution is 2.17. The Morgan fingerprint density at radius 3 is 2.52 bits per heavy atom. The summed E-state index contributed by atoms with van der Waals surface area (Å²) in [4.78, 5) is 0. The summed E-state index contributed by atoms with van der Waals surface area (Å²) in [5, 5.41) is 7.62. The standard InChI is InChI=1S/C16H21F2N3/c1-11(13-5-6-14(17)15(18)7-13)19-8-12-9-20-21(10-12)16(2,3)4/h5-7,9-11,19H,8H2,1-4H3/t11-/m1/s1. The van der Waals surface area contributed by atoms with E-state index in [2.05, 4.69) is 31.2 Å². The van der Waals surface area contributed by atoms with Crippen LogP contribution in [0.1, 0.15) is 44.9 Å². The fourth-order valence-electron chi connectivity index (χ4n) is 1.99.